The average Bonchev–Trinajstić information content (AvgIpc) is 2.27. The molecule has 1 fully saturated rings. The smallest absolute Gasteiger partial charge is 0.253 e. The third-order valence-electron chi connectivity index (χ3n) is 2.88. The molecule has 1 amide bonds. The van der Waals surface area contributed by atoms with Crippen LogP contribution < -0.4 is 16.6 Å². The van der Waals surface area contributed by atoms with E-state index in [2.05, 4.69) is 22.7 Å². The van der Waals surface area contributed by atoms with Crippen LogP contribution in [0.25, 0.3) is 0 Å². The summed E-state index contributed by atoms with van der Waals surface area (Å²) in [6, 6.07) is 3.72. The van der Waals surface area contributed by atoms with Crippen molar-refractivity contribution < 1.29 is 4.79 Å². The van der Waals surface area contributed by atoms with Gasteiger partial charge in [-0.2, -0.15) is 0 Å². The van der Waals surface area contributed by atoms with Gasteiger partial charge in [0.05, 0.1) is 5.56 Å². The Hall–Kier alpha value is -1.62. The Labute approximate surface area is 94.4 Å². The van der Waals surface area contributed by atoms with Gasteiger partial charge >= 0.3 is 0 Å². The van der Waals surface area contributed by atoms with Crippen LogP contribution >= 0.6 is 0 Å². The summed E-state index contributed by atoms with van der Waals surface area (Å²) in [4.78, 5) is 15.7. The summed E-state index contributed by atoms with van der Waals surface area (Å²) in [6.07, 6.45) is 3.66. The number of hydrazine groups is 1. The van der Waals surface area contributed by atoms with E-state index in [1.165, 1.54) is 6.20 Å². The van der Waals surface area contributed by atoms with Gasteiger partial charge in [0, 0.05) is 12.2 Å². The molecule has 1 aromatic heterocycles. The molecule has 1 aliphatic carbocycles. The van der Waals surface area contributed by atoms with Gasteiger partial charge in [0.2, 0.25) is 0 Å². The predicted octanol–water partition coefficient (Wildman–Crippen LogP) is 0.895. The minimum absolute atomic E-state index is 0.0621. The number of anilines is 1. The summed E-state index contributed by atoms with van der Waals surface area (Å²) in [5, 5.41) is 2.97. The summed E-state index contributed by atoms with van der Waals surface area (Å²) < 4.78 is 0. The molecule has 0 spiro atoms. The number of amides is 1. The lowest BCUT2D eigenvalue weighted by molar-refractivity contribution is 0.0896. The summed E-state index contributed by atoms with van der Waals surface area (Å²) >= 11 is 0. The van der Waals surface area contributed by atoms with E-state index < -0.39 is 0 Å². The third kappa shape index (κ3) is 2.30. The molecule has 0 radical (unpaired) electrons. The van der Waals surface area contributed by atoms with Gasteiger partial charge in [0.15, 0.2) is 0 Å². The fourth-order valence-electron chi connectivity index (χ4n) is 1.90. The molecule has 86 valence electrons. The number of carbonyl (C=O) groups is 1. The maximum Gasteiger partial charge on any atom is 0.253 e. The molecular formula is C11H16N4O. The largest absolute Gasteiger partial charge is 0.349 e. The number of nitrogens with one attached hydrogen (secondary N) is 2. The van der Waals surface area contributed by atoms with Gasteiger partial charge in [0.1, 0.15) is 5.82 Å². The predicted molar refractivity (Wildman–Crippen MR) is 61.7 cm³/mol. The van der Waals surface area contributed by atoms with Gasteiger partial charge in [-0.15, -0.1) is 0 Å². The zero-order valence-electron chi connectivity index (χ0n) is 9.23. The first kappa shape index (κ1) is 10.9. The number of aromatic nitrogens is 1. The quantitative estimate of drug-likeness (QED) is 0.522. The van der Waals surface area contributed by atoms with Gasteiger partial charge in [-0.3, -0.25) is 4.79 Å². The monoisotopic (exact) mass is 220 g/mol. The highest BCUT2D eigenvalue weighted by Crippen LogP contribution is 2.26. The molecule has 0 aliphatic heterocycles. The molecule has 5 nitrogen and oxygen atoms in total. The second-order valence-corrected chi connectivity index (χ2v) is 4.32. The Morgan fingerprint density at radius 1 is 1.50 bits per heavy atom. The first-order valence-corrected chi connectivity index (χ1v) is 5.42. The maximum atomic E-state index is 11.8. The minimum Gasteiger partial charge on any atom is -0.349 e. The molecule has 0 bridgehead atoms. The van der Waals surface area contributed by atoms with E-state index in [0.717, 1.165) is 18.8 Å². The highest BCUT2D eigenvalue weighted by atomic mass is 16.1. The third-order valence-corrected chi connectivity index (χ3v) is 2.88. The van der Waals surface area contributed by atoms with E-state index in [0.29, 0.717) is 17.4 Å². The SMILES string of the molecule is CC1CC(NC(=O)c2ccc(NN)nc2)C1. The van der Waals surface area contributed by atoms with Crippen molar-refractivity contribution in [1.82, 2.24) is 10.3 Å². The second-order valence-electron chi connectivity index (χ2n) is 4.32. The molecule has 0 saturated heterocycles. The van der Waals surface area contributed by atoms with E-state index in [-0.39, 0.29) is 5.91 Å². The van der Waals surface area contributed by atoms with Crippen molar-refractivity contribution in [2.75, 3.05) is 5.43 Å². The van der Waals surface area contributed by atoms with Gasteiger partial charge in [-0.25, -0.2) is 10.8 Å². The van der Waals surface area contributed by atoms with E-state index >= 15 is 0 Å². The van der Waals surface area contributed by atoms with Crippen LogP contribution in [-0.2, 0) is 0 Å². The van der Waals surface area contributed by atoms with Crippen LogP contribution in [0.4, 0.5) is 5.82 Å². The molecule has 2 rings (SSSR count). The van der Waals surface area contributed by atoms with Gasteiger partial charge < -0.3 is 10.7 Å². The van der Waals surface area contributed by atoms with Crippen molar-refractivity contribution in [3.05, 3.63) is 23.9 Å². The van der Waals surface area contributed by atoms with Crippen LogP contribution in [0.15, 0.2) is 18.3 Å². The van der Waals surface area contributed by atoms with E-state index in [1.54, 1.807) is 12.1 Å². The number of hydrogen-bond acceptors (Lipinski definition) is 4. The fourth-order valence-corrected chi connectivity index (χ4v) is 1.90. The number of pyridine rings is 1. The molecule has 5 heteroatoms. The summed E-state index contributed by atoms with van der Waals surface area (Å²) in [5.74, 6) is 6.41. The second kappa shape index (κ2) is 4.49. The molecule has 1 saturated carbocycles. The first-order valence-electron chi connectivity index (χ1n) is 5.42. The Kier molecular flexibility index (Phi) is 3.05. The van der Waals surface area contributed by atoms with E-state index in [4.69, 9.17) is 5.84 Å². The highest BCUT2D eigenvalue weighted by Gasteiger charge is 2.26. The topological polar surface area (TPSA) is 80.0 Å². The van der Waals surface area contributed by atoms with Crippen molar-refractivity contribution in [2.24, 2.45) is 11.8 Å². The molecule has 16 heavy (non-hydrogen) atoms. The molecule has 0 unspecified atom stereocenters. The molecule has 1 aliphatic rings. The molecule has 0 aromatic carbocycles. The molecule has 4 N–H and O–H groups in total. The van der Waals surface area contributed by atoms with Crippen molar-refractivity contribution in [1.29, 1.82) is 0 Å². The van der Waals surface area contributed by atoms with Crippen molar-refractivity contribution in [3.8, 4) is 0 Å². The summed E-state index contributed by atoms with van der Waals surface area (Å²) in [6.45, 7) is 2.19. The van der Waals surface area contributed by atoms with Crippen LogP contribution in [0.3, 0.4) is 0 Å². The Morgan fingerprint density at radius 3 is 2.75 bits per heavy atom. The molecule has 1 heterocycles. The Morgan fingerprint density at radius 2 is 2.25 bits per heavy atom. The summed E-state index contributed by atoms with van der Waals surface area (Å²) in [5.41, 5.74) is 2.99. The van der Waals surface area contributed by atoms with Crippen molar-refractivity contribution in [3.63, 3.8) is 0 Å². The Balaban J connectivity index is 1.93. The van der Waals surface area contributed by atoms with Crippen LogP contribution in [0.1, 0.15) is 30.1 Å². The van der Waals surface area contributed by atoms with Crippen LogP contribution in [-0.4, -0.2) is 16.9 Å². The number of nitrogens with two attached hydrogens (primary N) is 1. The zero-order valence-corrected chi connectivity index (χ0v) is 9.23. The van der Waals surface area contributed by atoms with Gasteiger partial charge in [0.25, 0.3) is 5.91 Å². The standard InChI is InChI=1S/C11H16N4O/c1-7-4-9(5-7)14-11(16)8-2-3-10(15-12)13-6-8/h2-3,6-7,9H,4-5,12H2,1H3,(H,13,15)(H,14,16). The number of rotatable bonds is 3. The molecule has 0 atom stereocenters. The van der Waals surface area contributed by atoms with Crippen LogP contribution in [0.2, 0.25) is 0 Å². The fraction of sp³-hybridized carbons (Fsp3) is 0.455. The number of nitrogens with zero attached hydrogens (tertiary/aromatic N) is 1. The van der Waals surface area contributed by atoms with Crippen molar-refractivity contribution in [2.45, 2.75) is 25.8 Å². The van der Waals surface area contributed by atoms with Gasteiger partial charge in [-0.05, 0) is 30.9 Å². The first-order chi connectivity index (χ1) is 7.69. The summed E-state index contributed by atoms with van der Waals surface area (Å²) in [7, 11) is 0. The van der Waals surface area contributed by atoms with Crippen LogP contribution in [0, 0.1) is 5.92 Å². The Bertz CT molecular complexity index is 370. The minimum atomic E-state index is -0.0621. The van der Waals surface area contributed by atoms with Crippen molar-refractivity contribution >= 4 is 11.7 Å². The lowest BCUT2D eigenvalue weighted by Gasteiger charge is -2.33. The zero-order chi connectivity index (χ0) is 11.5. The maximum absolute atomic E-state index is 11.8. The van der Waals surface area contributed by atoms with E-state index in [9.17, 15) is 4.79 Å². The van der Waals surface area contributed by atoms with E-state index in [1.807, 2.05) is 0 Å². The highest BCUT2D eigenvalue weighted by molar-refractivity contribution is 5.94. The number of carbonyl (C=O) groups excluding carboxylic acids is 1. The average molecular weight is 220 g/mol. The van der Waals surface area contributed by atoms with Gasteiger partial charge in [-0.1, -0.05) is 6.92 Å². The lowest BCUT2D eigenvalue weighted by atomic mass is 9.82. The normalized spacial score (nSPS) is 23.4. The molecule has 1 aromatic rings. The number of hydrogen-bond donors (Lipinski definition) is 3. The van der Waals surface area contributed by atoms with Crippen LogP contribution in [0.5, 0.6) is 0 Å². The lowest BCUT2D eigenvalue weighted by Crippen LogP contribution is -2.43. The number of nitrogen functional groups attached to an aromatic ring is 1. The molecular weight excluding hydrogens is 204 g/mol.